The van der Waals surface area contributed by atoms with E-state index in [1.54, 1.807) is 49.7 Å². The molecule has 9 heteroatoms. The van der Waals surface area contributed by atoms with E-state index in [9.17, 15) is 9.18 Å². The number of carbonyl (C=O) groups is 1. The molecule has 0 bridgehead atoms. The summed E-state index contributed by atoms with van der Waals surface area (Å²) in [6.07, 6.45) is 10.0. The van der Waals surface area contributed by atoms with E-state index >= 15 is 0 Å². The van der Waals surface area contributed by atoms with Crippen LogP contribution in [0.3, 0.4) is 0 Å². The summed E-state index contributed by atoms with van der Waals surface area (Å²) in [6, 6.07) is 4.74. The van der Waals surface area contributed by atoms with Crippen molar-refractivity contribution in [2.45, 2.75) is 39.8 Å². The van der Waals surface area contributed by atoms with Crippen LogP contribution < -0.4 is 10.2 Å². The molecular formula is C26H30FN7O. The Morgan fingerprint density at radius 1 is 1.29 bits per heavy atom. The Hall–Kier alpha value is -4.14. The molecule has 0 atom stereocenters. The van der Waals surface area contributed by atoms with Gasteiger partial charge in [-0.2, -0.15) is 0 Å². The fourth-order valence-electron chi connectivity index (χ4n) is 3.70. The fraction of sp³-hybridized carbons (Fsp3) is 0.269. The quantitative estimate of drug-likeness (QED) is 0.301. The molecule has 1 aromatic carbocycles. The van der Waals surface area contributed by atoms with Crippen LogP contribution in [-0.4, -0.2) is 45.5 Å². The average Bonchev–Trinajstić information content (AvgIpc) is 2.83. The second kappa shape index (κ2) is 11.3. The molecule has 0 unspecified atom stereocenters. The number of aromatic nitrogens is 2. The van der Waals surface area contributed by atoms with Crippen LogP contribution in [0, 0.1) is 16.6 Å². The van der Waals surface area contributed by atoms with Gasteiger partial charge in [0, 0.05) is 37.2 Å². The van der Waals surface area contributed by atoms with Gasteiger partial charge >= 0.3 is 0 Å². The first-order valence-corrected chi connectivity index (χ1v) is 11.3. The molecule has 0 radical (unpaired) electrons. The predicted octanol–water partition coefficient (Wildman–Crippen LogP) is 4.22. The Balaban J connectivity index is 1.67. The molecule has 1 aliphatic heterocycles. The number of anilines is 1. The molecule has 0 fully saturated rings. The first-order valence-electron chi connectivity index (χ1n) is 11.3. The molecule has 0 saturated carbocycles. The van der Waals surface area contributed by atoms with Gasteiger partial charge in [0.05, 0.1) is 11.9 Å². The van der Waals surface area contributed by atoms with E-state index in [2.05, 4.69) is 21.9 Å². The summed E-state index contributed by atoms with van der Waals surface area (Å²) in [5.74, 6) is -0.357. The molecule has 8 nitrogen and oxygen atoms in total. The van der Waals surface area contributed by atoms with Crippen LogP contribution in [0.5, 0.6) is 0 Å². The minimum atomic E-state index is -0.587. The zero-order chi connectivity index (χ0) is 25.5. The number of amidine groups is 1. The number of fused-ring (bicyclic) bond motifs is 1. The van der Waals surface area contributed by atoms with Gasteiger partial charge < -0.3 is 15.1 Å². The summed E-state index contributed by atoms with van der Waals surface area (Å²) < 4.78 is 14.7. The van der Waals surface area contributed by atoms with Crippen molar-refractivity contribution in [3.05, 3.63) is 89.2 Å². The molecule has 1 aromatic heterocycles. The van der Waals surface area contributed by atoms with E-state index in [1.807, 2.05) is 18.7 Å². The number of hydrogen-bond donors (Lipinski definition) is 3. The van der Waals surface area contributed by atoms with Gasteiger partial charge in [-0.15, -0.1) is 0 Å². The molecule has 0 aliphatic carbocycles. The third kappa shape index (κ3) is 6.26. The van der Waals surface area contributed by atoms with Crippen molar-refractivity contribution in [1.82, 2.24) is 20.2 Å². The number of benzene rings is 1. The molecule has 1 aliphatic rings. The molecule has 3 N–H and O–H groups in total. The molecule has 2 heterocycles. The van der Waals surface area contributed by atoms with E-state index in [0.717, 1.165) is 17.5 Å². The Morgan fingerprint density at radius 3 is 2.66 bits per heavy atom. The summed E-state index contributed by atoms with van der Waals surface area (Å²) in [5.41, 5.74) is 2.60. The molecule has 2 aromatic rings. The van der Waals surface area contributed by atoms with E-state index in [4.69, 9.17) is 10.8 Å². The second-order valence-electron chi connectivity index (χ2n) is 8.49. The normalized spacial score (nSPS) is 13.5. The minimum absolute atomic E-state index is 0.0135. The van der Waals surface area contributed by atoms with E-state index in [-0.39, 0.29) is 23.1 Å². The van der Waals surface area contributed by atoms with Crippen molar-refractivity contribution in [1.29, 1.82) is 10.8 Å². The third-order valence-electron chi connectivity index (χ3n) is 5.63. The van der Waals surface area contributed by atoms with Gasteiger partial charge in [-0.05, 0) is 68.2 Å². The van der Waals surface area contributed by atoms with Crippen LogP contribution in [0.25, 0.3) is 0 Å². The number of allylic oxidation sites excluding steroid dienone is 3. The Morgan fingerprint density at radius 2 is 2.00 bits per heavy atom. The Bertz CT molecular complexity index is 1190. The van der Waals surface area contributed by atoms with Gasteiger partial charge in [-0.3, -0.25) is 15.6 Å². The molecule has 35 heavy (non-hydrogen) atoms. The minimum Gasteiger partial charge on any atom is -0.336 e. The van der Waals surface area contributed by atoms with Gasteiger partial charge in [0.25, 0.3) is 5.91 Å². The van der Waals surface area contributed by atoms with Crippen LogP contribution >= 0.6 is 0 Å². The number of nitrogens with one attached hydrogen (secondary N) is 3. The Kier molecular flexibility index (Phi) is 8.25. The van der Waals surface area contributed by atoms with E-state index in [1.165, 1.54) is 11.0 Å². The first kappa shape index (κ1) is 25.5. The zero-order valence-corrected chi connectivity index (χ0v) is 20.2. The monoisotopic (exact) mass is 475 g/mol. The van der Waals surface area contributed by atoms with Crippen molar-refractivity contribution < 1.29 is 9.18 Å². The van der Waals surface area contributed by atoms with Crippen molar-refractivity contribution in [2.24, 2.45) is 0 Å². The average molecular weight is 476 g/mol. The summed E-state index contributed by atoms with van der Waals surface area (Å²) in [5, 5.41) is 18.3. The maximum absolute atomic E-state index is 14.7. The third-order valence-corrected chi connectivity index (χ3v) is 5.63. The molecular weight excluding hydrogens is 445 g/mol. The number of halogens is 1. The zero-order valence-electron chi connectivity index (χ0n) is 20.2. The summed E-state index contributed by atoms with van der Waals surface area (Å²) in [7, 11) is 0. The largest absolute Gasteiger partial charge is 0.336 e. The van der Waals surface area contributed by atoms with E-state index < -0.39 is 11.7 Å². The van der Waals surface area contributed by atoms with Crippen molar-refractivity contribution in [2.75, 3.05) is 11.4 Å². The SMILES string of the molecule is C=C(/C=C\C=C(/C)C(=N)N(C=N)C(C)C)NC(=O)c1cc2c(cc1F)CCN(c1ncccn1)C2. The first-order chi connectivity index (χ1) is 16.7. The summed E-state index contributed by atoms with van der Waals surface area (Å²) >= 11 is 0. The highest BCUT2D eigenvalue weighted by atomic mass is 19.1. The van der Waals surface area contributed by atoms with Gasteiger partial charge in [0.1, 0.15) is 11.7 Å². The molecule has 1 amide bonds. The lowest BCUT2D eigenvalue weighted by Crippen LogP contribution is -2.35. The highest BCUT2D eigenvalue weighted by molar-refractivity contribution is 6.01. The molecule has 182 valence electrons. The number of hydrogen-bond acceptors (Lipinski definition) is 6. The highest BCUT2D eigenvalue weighted by Gasteiger charge is 2.22. The second-order valence-corrected chi connectivity index (χ2v) is 8.49. The smallest absolute Gasteiger partial charge is 0.258 e. The molecule has 0 saturated heterocycles. The number of carbonyl (C=O) groups excluding carboxylic acids is 1. The van der Waals surface area contributed by atoms with Crippen LogP contribution in [0.4, 0.5) is 10.3 Å². The number of nitrogens with zero attached hydrogens (tertiary/aromatic N) is 4. The van der Waals surface area contributed by atoms with Gasteiger partial charge in [-0.25, -0.2) is 14.4 Å². The van der Waals surface area contributed by atoms with Crippen molar-refractivity contribution >= 4 is 24.0 Å². The van der Waals surface area contributed by atoms with Crippen LogP contribution in [0.1, 0.15) is 42.3 Å². The van der Waals surface area contributed by atoms with Crippen LogP contribution in [0.15, 0.2) is 66.7 Å². The highest BCUT2D eigenvalue weighted by Crippen LogP contribution is 2.25. The lowest BCUT2D eigenvalue weighted by atomic mass is 9.96. The molecule has 0 spiro atoms. The van der Waals surface area contributed by atoms with Crippen LogP contribution in [0.2, 0.25) is 0 Å². The fourth-order valence-corrected chi connectivity index (χ4v) is 3.70. The van der Waals surface area contributed by atoms with Crippen LogP contribution in [-0.2, 0) is 13.0 Å². The standard InChI is InChI=1S/C26H30FN7O/c1-17(2)34(16-28)24(29)18(3)7-5-8-19(4)32-25(35)22-13-21-15-33(26-30-10-6-11-31-26)12-9-20(21)14-23(22)27/h5-8,10-11,13-14,16-17,28-29H,4,9,12,15H2,1-3H3,(H,32,35)/b8-5-,18-7+,28-16?,29-24?. The lowest BCUT2D eigenvalue weighted by molar-refractivity contribution is 0.0963. The summed E-state index contributed by atoms with van der Waals surface area (Å²) in [4.78, 5) is 24.8. The summed E-state index contributed by atoms with van der Waals surface area (Å²) in [6.45, 7) is 10.5. The maximum Gasteiger partial charge on any atom is 0.258 e. The van der Waals surface area contributed by atoms with E-state index in [0.29, 0.717) is 31.0 Å². The van der Waals surface area contributed by atoms with Crippen molar-refractivity contribution in [3.8, 4) is 0 Å². The van der Waals surface area contributed by atoms with Gasteiger partial charge in [0.15, 0.2) is 0 Å². The Labute approximate surface area is 204 Å². The van der Waals surface area contributed by atoms with Crippen molar-refractivity contribution in [3.63, 3.8) is 0 Å². The lowest BCUT2D eigenvalue weighted by Gasteiger charge is -2.29. The van der Waals surface area contributed by atoms with Gasteiger partial charge in [-0.1, -0.05) is 18.7 Å². The number of amides is 1. The van der Waals surface area contributed by atoms with Gasteiger partial charge in [0.2, 0.25) is 5.95 Å². The molecule has 3 rings (SSSR count). The topological polar surface area (TPSA) is 109 Å². The predicted molar refractivity (Wildman–Crippen MR) is 136 cm³/mol. The maximum atomic E-state index is 14.7. The number of rotatable bonds is 8.